The lowest BCUT2D eigenvalue weighted by atomic mass is 10.1. The van der Waals surface area contributed by atoms with Crippen LogP contribution < -0.4 is 14.8 Å². The minimum atomic E-state index is -3.98. The van der Waals surface area contributed by atoms with Gasteiger partial charge < -0.3 is 15.5 Å². The number of hydrogen-bond donors (Lipinski definition) is 3. The first-order valence-corrected chi connectivity index (χ1v) is 12.9. The third-order valence-corrected chi connectivity index (χ3v) is 7.07. The van der Waals surface area contributed by atoms with Crippen LogP contribution in [0.25, 0.3) is 17.0 Å². The van der Waals surface area contributed by atoms with Crippen molar-refractivity contribution in [1.82, 2.24) is 20.3 Å². The molecule has 0 atom stereocenters. The lowest BCUT2D eigenvalue weighted by Crippen LogP contribution is -2.13. The van der Waals surface area contributed by atoms with Crippen molar-refractivity contribution in [3.63, 3.8) is 0 Å². The molecule has 0 bridgehead atoms. The van der Waals surface area contributed by atoms with Crippen LogP contribution in [-0.4, -0.2) is 36.6 Å². The second-order valence-corrected chi connectivity index (χ2v) is 9.80. The van der Waals surface area contributed by atoms with Gasteiger partial charge in [0, 0.05) is 42.7 Å². The molecule has 0 saturated heterocycles. The van der Waals surface area contributed by atoms with E-state index in [4.69, 9.17) is 10.1 Å². The Kier molecular flexibility index (Phi) is 7.52. The molecule has 3 aromatic heterocycles. The number of pyridine rings is 2. The second kappa shape index (κ2) is 10.9. The fourth-order valence-electron chi connectivity index (χ4n) is 3.23. The molecular formula is C24H18FN7O3S2. The highest BCUT2D eigenvalue weighted by Crippen LogP contribution is 2.33. The molecule has 0 aliphatic carbocycles. The summed E-state index contributed by atoms with van der Waals surface area (Å²) in [7, 11) is -2.34. The lowest BCUT2D eigenvalue weighted by molar-refractivity contribution is 0.476. The summed E-state index contributed by atoms with van der Waals surface area (Å²) in [6.07, 6.45) is 5.30. The number of halogens is 1. The van der Waals surface area contributed by atoms with Gasteiger partial charge in [-0.3, -0.25) is 4.72 Å². The fourth-order valence-corrected chi connectivity index (χ4v) is 5.04. The van der Waals surface area contributed by atoms with Gasteiger partial charge in [0.1, 0.15) is 17.5 Å². The van der Waals surface area contributed by atoms with Gasteiger partial charge in [0.05, 0.1) is 21.8 Å². The molecule has 0 spiro atoms. The summed E-state index contributed by atoms with van der Waals surface area (Å²) in [5, 5.41) is 21.9. The predicted octanol–water partition coefficient (Wildman–Crippen LogP) is 4.41. The van der Waals surface area contributed by atoms with Gasteiger partial charge in [-0.25, -0.2) is 23.4 Å². The number of aromatic nitrogens is 3. The van der Waals surface area contributed by atoms with Crippen LogP contribution in [0.15, 0.2) is 71.2 Å². The van der Waals surface area contributed by atoms with Crippen molar-refractivity contribution < 1.29 is 17.5 Å². The molecule has 0 amide bonds. The van der Waals surface area contributed by atoms with E-state index < -0.39 is 16.0 Å². The van der Waals surface area contributed by atoms with E-state index in [-0.39, 0.29) is 32.8 Å². The number of hydrogen-bond acceptors (Lipinski definition) is 10. The van der Waals surface area contributed by atoms with Crippen molar-refractivity contribution in [3.05, 3.63) is 83.5 Å². The molecule has 186 valence electrons. The zero-order chi connectivity index (χ0) is 26.4. The quantitative estimate of drug-likeness (QED) is 0.210. The number of thiazole rings is 1. The maximum atomic E-state index is 13.7. The van der Waals surface area contributed by atoms with Gasteiger partial charge >= 0.3 is 0 Å². The summed E-state index contributed by atoms with van der Waals surface area (Å²) in [6.45, 7) is 0. The largest absolute Gasteiger partial charge is 0.454 e. The van der Waals surface area contributed by atoms with Gasteiger partial charge in [0.2, 0.25) is 5.95 Å². The Morgan fingerprint density at radius 3 is 2.65 bits per heavy atom. The number of sulfonamides is 1. The smallest absolute Gasteiger partial charge is 0.263 e. The monoisotopic (exact) mass is 535 g/mol. The predicted molar refractivity (Wildman–Crippen MR) is 137 cm³/mol. The first-order chi connectivity index (χ1) is 17.8. The van der Waals surface area contributed by atoms with E-state index in [1.54, 1.807) is 30.6 Å². The van der Waals surface area contributed by atoms with Crippen molar-refractivity contribution in [2.75, 3.05) is 11.8 Å². The molecule has 13 heteroatoms. The molecule has 0 fully saturated rings. The Bertz CT molecular complexity index is 1630. The minimum absolute atomic E-state index is 0.0321. The lowest BCUT2D eigenvalue weighted by Gasteiger charge is -2.15. The van der Waals surface area contributed by atoms with Crippen molar-refractivity contribution in [2.45, 2.75) is 4.90 Å². The number of anilines is 1. The highest BCUT2D eigenvalue weighted by Gasteiger charge is 2.20. The summed E-state index contributed by atoms with van der Waals surface area (Å²) < 4.78 is 47.5. The number of nitriles is 1. The van der Waals surface area contributed by atoms with Crippen LogP contribution in [0, 0.1) is 22.7 Å². The number of nitrogens with zero attached hydrogens (tertiary/aromatic N) is 4. The molecule has 0 saturated carbocycles. The molecule has 0 aliphatic rings. The van der Waals surface area contributed by atoms with Crippen molar-refractivity contribution in [1.29, 1.82) is 10.7 Å². The van der Waals surface area contributed by atoms with E-state index in [1.807, 2.05) is 6.07 Å². The molecule has 0 radical (unpaired) electrons. The number of benzene rings is 1. The standard InChI is InChI=1S/C24H18FN7O3S2/c1-28-19(6-8-26)23-21(5-3-18(31-23)15-7-9-29-22(25)13-15)35-20-4-2-17(12-16(20)14-27)37(33,34)32-24-30-10-11-36-24/h2-13,26,28H,1H3,(H,30,32)/b19-6-,26-8?. The molecule has 4 rings (SSSR count). The van der Waals surface area contributed by atoms with Gasteiger partial charge in [0.15, 0.2) is 10.9 Å². The average Bonchev–Trinajstić information content (AvgIpc) is 3.40. The summed E-state index contributed by atoms with van der Waals surface area (Å²) in [6, 6.07) is 11.8. The number of ether oxygens (including phenoxy) is 1. The van der Waals surface area contributed by atoms with E-state index in [0.717, 1.165) is 17.6 Å². The maximum Gasteiger partial charge on any atom is 0.263 e. The Labute approximate surface area is 215 Å². The average molecular weight is 536 g/mol. The van der Waals surface area contributed by atoms with Crippen LogP contribution in [0.3, 0.4) is 0 Å². The van der Waals surface area contributed by atoms with Gasteiger partial charge in [0.25, 0.3) is 10.0 Å². The molecule has 1 aromatic carbocycles. The third-order valence-electron chi connectivity index (χ3n) is 4.91. The Morgan fingerprint density at radius 2 is 1.97 bits per heavy atom. The van der Waals surface area contributed by atoms with E-state index in [9.17, 15) is 18.1 Å². The molecule has 4 aromatic rings. The van der Waals surface area contributed by atoms with E-state index in [1.165, 1.54) is 42.7 Å². The Balaban J connectivity index is 1.73. The van der Waals surface area contributed by atoms with Crippen LogP contribution >= 0.6 is 11.3 Å². The molecule has 3 heterocycles. The summed E-state index contributed by atoms with van der Waals surface area (Å²) >= 11 is 1.12. The Hall–Kier alpha value is -4.67. The fraction of sp³-hybridized carbons (Fsp3) is 0.0417. The topological polar surface area (TPSA) is 154 Å². The van der Waals surface area contributed by atoms with E-state index in [0.29, 0.717) is 17.0 Å². The molecular weight excluding hydrogens is 517 g/mol. The van der Waals surface area contributed by atoms with Gasteiger partial charge in [-0.2, -0.15) is 9.65 Å². The zero-order valence-electron chi connectivity index (χ0n) is 19.1. The number of rotatable bonds is 9. The minimum Gasteiger partial charge on any atom is -0.454 e. The van der Waals surface area contributed by atoms with Crippen LogP contribution in [0.4, 0.5) is 9.52 Å². The number of nitrogens with one attached hydrogen (secondary N) is 3. The molecule has 0 aliphatic heterocycles. The first kappa shape index (κ1) is 25.4. The third kappa shape index (κ3) is 5.77. The van der Waals surface area contributed by atoms with Crippen molar-refractivity contribution in [3.8, 4) is 28.8 Å². The van der Waals surface area contributed by atoms with Gasteiger partial charge in [-0.05, 0) is 42.5 Å². The second-order valence-electron chi connectivity index (χ2n) is 7.22. The van der Waals surface area contributed by atoms with E-state index >= 15 is 0 Å². The van der Waals surface area contributed by atoms with Crippen molar-refractivity contribution in [2.24, 2.45) is 0 Å². The normalized spacial score (nSPS) is 11.4. The highest BCUT2D eigenvalue weighted by atomic mass is 32.2. The summed E-state index contributed by atoms with van der Waals surface area (Å²) in [5.41, 5.74) is 1.57. The number of allylic oxidation sites excluding steroid dienone is 1. The van der Waals surface area contributed by atoms with Crippen LogP contribution in [-0.2, 0) is 10.0 Å². The van der Waals surface area contributed by atoms with E-state index in [2.05, 4.69) is 25.0 Å². The van der Waals surface area contributed by atoms with Gasteiger partial charge in [-0.1, -0.05) is 0 Å². The summed E-state index contributed by atoms with van der Waals surface area (Å²) in [4.78, 5) is 11.9. The van der Waals surface area contributed by atoms with Crippen LogP contribution in [0.1, 0.15) is 11.3 Å². The SMILES string of the molecule is CN/C(=C\C=N)c1nc(-c2ccnc(F)c2)ccc1Oc1ccc(S(=O)(=O)Nc2nccs2)cc1C#N. The van der Waals surface area contributed by atoms with Crippen LogP contribution in [0.5, 0.6) is 11.5 Å². The highest BCUT2D eigenvalue weighted by molar-refractivity contribution is 7.93. The van der Waals surface area contributed by atoms with Gasteiger partial charge in [-0.15, -0.1) is 11.3 Å². The molecule has 10 nitrogen and oxygen atoms in total. The van der Waals surface area contributed by atoms with Crippen molar-refractivity contribution >= 4 is 38.4 Å². The Morgan fingerprint density at radius 1 is 1.16 bits per heavy atom. The maximum absolute atomic E-state index is 13.7. The molecule has 3 N–H and O–H groups in total. The first-order valence-electron chi connectivity index (χ1n) is 10.5. The molecule has 0 unspecified atom stereocenters. The summed E-state index contributed by atoms with van der Waals surface area (Å²) in [5.74, 6) is -0.358. The zero-order valence-corrected chi connectivity index (χ0v) is 20.8. The molecule has 37 heavy (non-hydrogen) atoms. The van der Waals surface area contributed by atoms with Crippen LogP contribution in [0.2, 0.25) is 0 Å².